The fourth-order valence-electron chi connectivity index (χ4n) is 1.62. The molecule has 1 aliphatic rings. The topological polar surface area (TPSA) is 28.2 Å². The second-order valence-corrected chi connectivity index (χ2v) is 4.30. The van der Waals surface area contributed by atoms with Crippen molar-refractivity contribution >= 4 is 34.2 Å². The van der Waals surface area contributed by atoms with Crippen LogP contribution in [0.3, 0.4) is 0 Å². The van der Waals surface area contributed by atoms with Gasteiger partial charge in [-0.15, -0.1) is 12.4 Å². The molecule has 0 radical (unpaired) electrons. The van der Waals surface area contributed by atoms with Gasteiger partial charge in [0.15, 0.2) is 0 Å². The Morgan fingerprint density at radius 1 is 1.40 bits per heavy atom. The fraction of sp³-hybridized carbons (Fsp3) is 0.500. The highest BCUT2D eigenvalue weighted by atomic mass is 79.9. The van der Waals surface area contributed by atoms with Crippen molar-refractivity contribution in [3.05, 3.63) is 22.3 Å². The van der Waals surface area contributed by atoms with Crippen LogP contribution in [0.15, 0.2) is 16.7 Å². The van der Waals surface area contributed by atoms with E-state index in [9.17, 15) is 0 Å². The molecule has 1 aromatic heterocycles. The van der Waals surface area contributed by atoms with Crippen LogP contribution in [-0.4, -0.2) is 31.2 Å². The lowest BCUT2D eigenvalue weighted by atomic mass is 10.2. The Morgan fingerprint density at radius 3 is 2.73 bits per heavy atom. The fourth-order valence-corrected chi connectivity index (χ4v) is 2.11. The number of hydrogen-bond donors (Lipinski definition) is 1. The maximum atomic E-state index is 4.41. The lowest BCUT2D eigenvalue weighted by Crippen LogP contribution is -2.44. The van der Waals surface area contributed by atoms with E-state index in [4.69, 9.17) is 0 Å². The predicted molar refractivity (Wildman–Crippen MR) is 69.0 cm³/mol. The van der Waals surface area contributed by atoms with Gasteiger partial charge < -0.3 is 10.2 Å². The normalized spacial score (nSPS) is 16.0. The Morgan fingerprint density at radius 2 is 2.07 bits per heavy atom. The molecule has 3 nitrogen and oxygen atoms in total. The average molecular weight is 293 g/mol. The highest BCUT2D eigenvalue weighted by Gasteiger charge is 2.14. The van der Waals surface area contributed by atoms with Crippen molar-refractivity contribution in [3.8, 4) is 0 Å². The molecular weight excluding hydrogens is 277 g/mol. The monoisotopic (exact) mass is 291 g/mol. The molecule has 1 N–H and O–H groups in total. The molecule has 2 rings (SSSR count). The Bertz CT molecular complexity index is 326. The Labute approximate surface area is 105 Å². The summed E-state index contributed by atoms with van der Waals surface area (Å²) in [7, 11) is 0. The first-order valence-electron chi connectivity index (χ1n) is 4.86. The zero-order valence-electron chi connectivity index (χ0n) is 8.66. The van der Waals surface area contributed by atoms with Gasteiger partial charge in [-0.2, -0.15) is 0 Å². The van der Waals surface area contributed by atoms with Gasteiger partial charge in [-0.05, 0) is 34.5 Å². The molecule has 5 heteroatoms. The molecular formula is C10H15BrClN3. The summed E-state index contributed by atoms with van der Waals surface area (Å²) in [6.45, 7) is 6.26. The molecule has 0 bridgehead atoms. The van der Waals surface area contributed by atoms with Gasteiger partial charge >= 0.3 is 0 Å². The van der Waals surface area contributed by atoms with Crippen molar-refractivity contribution < 1.29 is 0 Å². The lowest BCUT2D eigenvalue weighted by molar-refractivity contribution is 0.584. The first-order valence-corrected chi connectivity index (χ1v) is 5.65. The van der Waals surface area contributed by atoms with Gasteiger partial charge in [-0.3, -0.25) is 0 Å². The zero-order valence-corrected chi connectivity index (χ0v) is 11.1. The molecule has 1 aliphatic heterocycles. The number of aromatic nitrogens is 1. The summed E-state index contributed by atoms with van der Waals surface area (Å²) in [4.78, 5) is 6.73. The van der Waals surface area contributed by atoms with Crippen molar-refractivity contribution in [3.63, 3.8) is 0 Å². The highest BCUT2D eigenvalue weighted by Crippen LogP contribution is 2.26. The van der Waals surface area contributed by atoms with Crippen molar-refractivity contribution in [2.75, 3.05) is 31.1 Å². The first-order chi connectivity index (χ1) is 6.79. The van der Waals surface area contributed by atoms with Crippen LogP contribution in [0, 0.1) is 6.92 Å². The van der Waals surface area contributed by atoms with E-state index in [2.05, 4.69) is 38.1 Å². The number of aryl methyl sites for hydroxylation is 1. The van der Waals surface area contributed by atoms with Crippen LogP contribution in [0.25, 0.3) is 0 Å². The number of nitrogens with one attached hydrogen (secondary N) is 1. The number of rotatable bonds is 1. The molecule has 2 heterocycles. The number of halogens is 2. The van der Waals surface area contributed by atoms with Crippen molar-refractivity contribution in [2.45, 2.75) is 6.92 Å². The molecule has 1 aromatic rings. The van der Waals surface area contributed by atoms with Crippen LogP contribution in [0.1, 0.15) is 5.56 Å². The van der Waals surface area contributed by atoms with Crippen molar-refractivity contribution in [2.24, 2.45) is 0 Å². The molecule has 0 spiro atoms. The van der Waals surface area contributed by atoms with E-state index in [1.165, 1.54) is 5.56 Å². The van der Waals surface area contributed by atoms with Gasteiger partial charge in [0.2, 0.25) is 0 Å². The van der Waals surface area contributed by atoms with Crippen molar-refractivity contribution in [1.29, 1.82) is 0 Å². The summed E-state index contributed by atoms with van der Waals surface area (Å²) in [5.74, 6) is 1.08. The molecule has 84 valence electrons. The minimum absolute atomic E-state index is 0. The summed E-state index contributed by atoms with van der Waals surface area (Å²) in [6, 6.07) is 2.02. The smallest absolute Gasteiger partial charge is 0.143 e. The van der Waals surface area contributed by atoms with Crippen LogP contribution < -0.4 is 10.2 Å². The number of hydrogen-bond acceptors (Lipinski definition) is 3. The van der Waals surface area contributed by atoms with E-state index in [0.717, 1.165) is 36.5 Å². The Hall–Kier alpha value is -0.320. The quantitative estimate of drug-likeness (QED) is 0.858. The van der Waals surface area contributed by atoms with Crippen molar-refractivity contribution in [1.82, 2.24) is 10.3 Å². The molecule has 0 saturated carbocycles. The predicted octanol–water partition coefficient (Wildman–Crippen LogP) is 1.98. The zero-order chi connectivity index (χ0) is 9.97. The largest absolute Gasteiger partial charge is 0.353 e. The molecule has 0 amide bonds. The van der Waals surface area contributed by atoms with Crippen LogP contribution in [0.5, 0.6) is 0 Å². The summed E-state index contributed by atoms with van der Waals surface area (Å²) >= 11 is 3.59. The Balaban J connectivity index is 0.00000112. The molecule has 1 saturated heterocycles. The average Bonchev–Trinajstić information content (AvgIpc) is 2.23. The van der Waals surface area contributed by atoms with Crippen LogP contribution in [0.4, 0.5) is 5.82 Å². The van der Waals surface area contributed by atoms with E-state index < -0.39 is 0 Å². The minimum Gasteiger partial charge on any atom is -0.353 e. The van der Waals surface area contributed by atoms with Crippen LogP contribution in [-0.2, 0) is 0 Å². The standard InChI is InChI=1S/C10H14BrN3.ClH/c1-8-2-3-13-10(9(8)11)14-6-4-12-5-7-14;/h2-3,12H,4-7H2,1H3;1H. The molecule has 1 fully saturated rings. The van der Waals surface area contributed by atoms with Gasteiger partial charge in [0.25, 0.3) is 0 Å². The van der Waals surface area contributed by atoms with E-state index in [0.29, 0.717) is 0 Å². The lowest BCUT2D eigenvalue weighted by Gasteiger charge is -2.29. The van der Waals surface area contributed by atoms with Gasteiger partial charge in [0, 0.05) is 32.4 Å². The first kappa shape index (κ1) is 12.7. The third-order valence-corrected chi connectivity index (χ3v) is 3.46. The Kier molecular flexibility index (Phi) is 4.83. The summed E-state index contributed by atoms with van der Waals surface area (Å²) < 4.78 is 1.13. The molecule has 0 aromatic carbocycles. The van der Waals surface area contributed by atoms with Crippen LogP contribution in [0.2, 0.25) is 0 Å². The van der Waals surface area contributed by atoms with Gasteiger partial charge in [-0.1, -0.05) is 0 Å². The molecule has 0 unspecified atom stereocenters. The second kappa shape index (κ2) is 5.68. The molecule has 0 aliphatic carbocycles. The van der Waals surface area contributed by atoms with E-state index in [1.54, 1.807) is 0 Å². The van der Waals surface area contributed by atoms with Gasteiger partial charge in [0.1, 0.15) is 5.82 Å². The number of pyridine rings is 1. The minimum atomic E-state index is 0. The summed E-state index contributed by atoms with van der Waals surface area (Å²) in [6.07, 6.45) is 1.87. The number of anilines is 1. The van der Waals surface area contributed by atoms with Crippen LogP contribution >= 0.6 is 28.3 Å². The van der Waals surface area contributed by atoms with Gasteiger partial charge in [0.05, 0.1) is 4.47 Å². The highest BCUT2D eigenvalue weighted by molar-refractivity contribution is 9.10. The third-order valence-electron chi connectivity index (χ3n) is 2.48. The van der Waals surface area contributed by atoms with Gasteiger partial charge in [-0.25, -0.2) is 4.98 Å². The molecule has 0 atom stereocenters. The third kappa shape index (κ3) is 2.83. The summed E-state index contributed by atoms with van der Waals surface area (Å²) in [5, 5.41) is 3.33. The van der Waals surface area contributed by atoms with E-state index in [1.807, 2.05) is 12.3 Å². The second-order valence-electron chi connectivity index (χ2n) is 3.50. The van der Waals surface area contributed by atoms with E-state index >= 15 is 0 Å². The number of nitrogens with zero attached hydrogens (tertiary/aromatic N) is 2. The number of piperazine rings is 1. The maximum Gasteiger partial charge on any atom is 0.143 e. The molecule has 15 heavy (non-hydrogen) atoms. The maximum absolute atomic E-state index is 4.41. The van der Waals surface area contributed by atoms with E-state index in [-0.39, 0.29) is 12.4 Å². The SMILES string of the molecule is Cc1ccnc(N2CCNCC2)c1Br.Cl. The summed E-state index contributed by atoms with van der Waals surface area (Å²) in [5.41, 5.74) is 1.24.